The van der Waals surface area contributed by atoms with Crippen molar-refractivity contribution in [1.82, 2.24) is 15.0 Å². The number of rotatable bonds is 5. The van der Waals surface area contributed by atoms with Crippen LogP contribution in [0, 0.1) is 0 Å². The molecular weight excluding hydrogens is 677 g/mol. The number of hydrogen-bond acceptors (Lipinski definition) is 4. The molecule has 0 amide bonds. The van der Waals surface area contributed by atoms with Crippen molar-refractivity contribution in [3.05, 3.63) is 164 Å². The van der Waals surface area contributed by atoms with Crippen molar-refractivity contribution < 1.29 is 4.42 Å². The molecule has 0 saturated heterocycles. The van der Waals surface area contributed by atoms with E-state index >= 15 is 0 Å². The minimum absolute atomic E-state index is 0.141. The van der Waals surface area contributed by atoms with Crippen molar-refractivity contribution >= 4 is 55.7 Å². The molecule has 5 heteroatoms. The van der Waals surface area contributed by atoms with Crippen molar-refractivity contribution in [3.63, 3.8) is 0 Å². The third-order valence-electron chi connectivity index (χ3n) is 9.37. The molecular formula is C45H27N3OSe. The van der Waals surface area contributed by atoms with E-state index in [0.29, 0.717) is 17.5 Å². The van der Waals surface area contributed by atoms with Crippen molar-refractivity contribution in [1.29, 1.82) is 0 Å². The zero-order valence-corrected chi connectivity index (χ0v) is 28.5. The zero-order valence-electron chi connectivity index (χ0n) is 26.7. The predicted molar refractivity (Wildman–Crippen MR) is 206 cm³/mol. The van der Waals surface area contributed by atoms with Crippen molar-refractivity contribution in [3.8, 4) is 56.4 Å². The van der Waals surface area contributed by atoms with Gasteiger partial charge in [0.15, 0.2) is 0 Å². The second kappa shape index (κ2) is 11.8. The largest absolute Gasteiger partial charge is 0.0617 e. The molecule has 3 heterocycles. The maximum Gasteiger partial charge on any atom is -0.0544 e. The molecule has 0 spiro atoms. The molecule has 4 nitrogen and oxygen atoms in total. The van der Waals surface area contributed by atoms with Gasteiger partial charge in [-0.1, -0.05) is 30.3 Å². The summed E-state index contributed by atoms with van der Waals surface area (Å²) in [4.78, 5) is 15.7. The zero-order chi connectivity index (χ0) is 33.0. The van der Waals surface area contributed by atoms with Gasteiger partial charge in [-0.2, -0.15) is 0 Å². The molecule has 234 valence electrons. The number of benzene rings is 7. The average molecular weight is 705 g/mol. The van der Waals surface area contributed by atoms with E-state index in [4.69, 9.17) is 19.4 Å². The first-order valence-corrected chi connectivity index (χ1v) is 18.3. The van der Waals surface area contributed by atoms with Crippen LogP contribution in [0.5, 0.6) is 0 Å². The summed E-state index contributed by atoms with van der Waals surface area (Å²) in [6.07, 6.45) is 0. The first kappa shape index (κ1) is 28.8. The van der Waals surface area contributed by atoms with Crippen molar-refractivity contribution in [2.24, 2.45) is 0 Å². The molecule has 10 aromatic rings. The Bertz CT molecular complexity index is 2870. The molecule has 3 aromatic heterocycles. The minimum Gasteiger partial charge on any atom is -0.0617 e. The van der Waals surface area contributed by atoms with E-state index in [0.717, 1.165) is 49.8 Å². The van der Waals surface area contributed by atoms with E-state index in [-0.39, 0.29) is 14.5 Å². The quantitative estimate of drug-likeness (QED) is 0.167. The minimum atomic E-state index is 0.141. The molecule has 0 unspecified atom stereocenters. The van der Waals surface area contributed by atoms with Gasteiger partial charge in [-0.15, -0.1) is 0 Å². The van der Waals surface area contributed by atoms with Gasteiger partial charge in [0.25, 0.3) is 0 Å². The fourth-order valence-electron chi connectivity index (χ4n) is 6.95. The maximum absolute atomic E-state index is 6.27. The molecule has 0 aliphatic rings. The SMILES string of the molecule is c1ccc(-c2ccc(-c3cccc(-c4nc(-c5cccc6c5[se]c5ccccc56)nc(-c5cccc6oc7ccccc7c56)n4)c3)cc2)cc1. The summed E-state index contributed by atoms with van der Waals surface area (Å²) < 4.78 is 8.97. The van der Waals surface area contributed by atoms with Gasteiger partial charge in [0.05, 0.1) is 0 Å². The summed E-state index contributed by atoms with van der Waals surface area (Å²) in [5, 5.41) is 4.63. The molecule has 0 aliphatic heterocycles. The van der Waals surface area contributed by atoms with Crippen LogP contribution in [0.3, 0.4) is 0 Å². The smallest absolute Gasteiger partial charge is 0.0544 e. The number of furan rings is 1. The number of nitrogens with zero attached hydrogens (tertiary/aromatic N) is 3. The number of aromatic nitrogens is 3. The van der Waals surface area contributed by atoms with Gasteiger partial charge < -0.3 is 0 Å². The maximum atomic E-state index is 6.27. The molecule has 7 aromatic carbocycles. The predicted octanol–water partition coefficient (Wildman–Crippen LogP) is 11.5. The van der Waals surface area contributed by atoms with E-state index < -0.39 is 0 Å². The molecule has 10 rings (SSSR count). The molecule has 0 saturated carbocycles. The number of hydrogen-bond donors (Lipinski definition) is 0. The van der Waals surface area contributed by atoms with Gasteiger partial charge in [0.1, 0.15) is 0 Å². The van der Waals surface area contributed by atoms with Gasteiger partial charge >= 0.3 is 259 Å². The average Bonchev–Trinajstić information content (AvgIpc) is 3.77. The van der Waals surface area contributed by atoms with E-state index in [2.05, 4.69) is 127 Å². The van der Waals surface area contributed by atoms with Crippen LogP contribution in [0.25, 0.3) is 97.6 Å². The summed E-state index contributed by atoms with van der Waals surface area (Å²) in [5.41, 5.74) is 9.21. The van der Waals surface area contributed by atoms with Crippen LogP contribution in [0.2, 0.25) is 0 Å². The van der Waals surface area contributed by atoms with Crippen LogP contribution in [-0.4, -0.2) is 29.5 Å². The standard InChI is InChI=1S/C45H27N3OSe/c1-2-11-28(12-3-1)29-23-25-30(26-24-29)31-13-8-14-32(27-31)43-46-44(36-18-10-21-39-41(36)35-16-4-6-20-38(35)49-39)48-45(47-43)37-19-9-17-34-33-15-5-7-22-40(33)50-42(34)37/h1-27H. The first-order valence-electron chi connectivity index (χ1n) is 16.6. The van der Waals surface area contributed by atoms with Crippen molar-refractivity contribution in [2.45, 2.75) is 0 Å². The third kappa shape index (κ3) is 4.87. The molecule has 0 fully saturated rings. The van der Waals surface area contributed by atoms with E-state index in [1.54, 1.807) is 0 Å². The monoisotopic (exact) mass is 705 g/mol. The summed E-state index contributed by atoms with van der Waals surface area (Å²) >= 11 is 0.141. The number of fused-ring (bicyclic) bond motifs is 6. The molecule has 0 N–H and O–H groups in total. The molecule has 50 heavy (non-hydrogen) atoms. The van der Waals surface area contributed by atoms with E-state index in [9.17, 15) is 0 Å². The number of para-hydroxylation sites is 1. The van der Waals surface area contributed by atoms with E-state index in [1.165, 1.54) is 30.4 Å². The second-order valence-corrected chi connectivity index (χ2v) is 14.6. The first-order chi connectivity index (χ1) is 24.8. The summed E-state index contributed by atoms with van der Waals surface area (Å²) in [6, 6.07) is 57.2. The van der Waals surface area contributed by atoms with Gasteiger partial charge in [-0.3, -0.25) is 0 Å². The molecule has 0 radical (unpaired) electrons. The topological polar surface area (TPSA) is 51.8 Å². The van der Waals surface area contributed by atoms with Crippen LogP contribution in [0.15, 0.2) is 168 Å². The van der Waals surface area contributed by atoms with Gasteiger partial charge in [0, 0.05) is 0 Å². The molecule has 0 atom stereocenters. The van der Waals surface area contributed by atoms with Crippen LogP contribution in [0.1, 0.15) is 0 Å². The van der Waals surface area contributed by atoms with Crippen LogP contribution in [0.4, 0.5) is 0 Å². The Hall–Kier alpha value is -6.13. The Kier molecular flexibility index (Phi) is 6.80. The van der Waals surface area contributed by atoms with Crippen LogP contribution >= 0.6 is 0 Å². The molecule has 0 bridgehead atoms. The summed E-state index contributed by atoms with van der Waals surface area (Å²) in [7, 11) is 0. The Morgan fingerprint density at radius 3 is 1.80 bits per heavy atom. The Morgan fingerprint density at radius 1 is 0.380 bits per heavy atom. The Balaban J connectivity index is 1.17. The Labute approximate surface area is 294 Å². The third-order valence-corrected chi connectivity index (χ3v) is 11.9. The fourth-order valence-corrected chi connectivity index (χ4v) is 9.50. The van der Waals surface area contributed by atoms with Gasteiger partial charge in [0.2, 0.25) is 0 Å². The van der Waals surface area contributed by atoms with Crippen LogP contribution < -0.4 is 0 Å². The van der Waals surface area contributed by atoms with Gasteiger partial charge in [-0.05, 0) is 5.56 Å². The normalized spacial score (nSPS) is 11.6. The van der Waals surface area contributed by atoms with Gasteiger partial charge in [-0.25, -0.2) is 0 Å². The summed E-state index contributed by atoms with van der Waals surface area (Å²) in [6.45, 7) is 0. The van der Waals surface area contributed by atoms with Crippen LogP contribution in [-0.2, 0) is 0 Å². The fraction of sp³-hybridized carbons (Fsp3) is 0. The van der Waals surface area contributed by atoms with Crippen molar-refractivity contribution in [2.75, 3.05) is 0 Å². The second-order valence-electron chi connectivity index (χ2n) is 12.4. The summed E-state index contributed by atoms with van der Waals surface area (Å²) in [5.74, 6) is 1.94. The molecule has 0 aliphatic carbocycles. The Morgan fingerprint density at radius 2 is 0.940 bits per heavy atom. The van der Waals surface area contributed by atoms with E-state index in [1.807, 2.05) is 36.4 Å².